The summed E-state index contributed by atoms with van der Waals surface area (Å²) < 4.78 is 6.90. The molecule has 1 aromatic heterocycles. The highest BCUT2D eigenvalue weighted by Gasteiger charge is 2.17. The van der Waals surface area contributed by atoms with E-state index < -0.39 is 0 Å². The van der Waals surface area contributed by atoms with E-state index in [1.54, 1.807) is 11.3 Å². The van der Waals surface area contributed by atoms with Crippen molar-refractivity contribution in [2.75, 3.05) is 0 Å². The Labute approximate surface area is 124 Å². The molecule has 0 unspecified atom stereocenters. The molecule has 1 aromatic carbocycles. The highest BCUT2D eigenvalue weighted by atomic mass is 79.9. The summed E-state index contributed by atoms with van der Waals surface area (Å²) in [5.41, 5.74) is 2.00. The number of fused-ring (bicyclic) bond motifs is 1. The molecule has 1 aliphatic rings. The SMILES string of the molecule is O=C1CCCc2cc(OCc3ccc(Br)s3)ccc21. The minimum absolute atomic E-state index is 0.259. The number of hydrogen-bond acceptors (Lipinski definition) is 3. The Kier molecular flexibility index (Phi) is 3.71. The van der Waals surface area contributed by atoms with E-state index in [1.165, 1.54) is 4.88 Å². The number of carbonyl (C=O) groups is 1. The molecule has 0 amide bonds. The smallest absolute Gasteiger partial charge is 0.163 e. The maximum Gasteiger partial charge on any atom is 0.163 e. The molecule has 0 aliphatic heterocycles. The van der Waals surface area contributed by atoms with Crippen molar-refractivity contribution in [1.29, 1.82) is 0 Å². The van der Waals surface area contributed by atoms with Gasteiger partial charge in [0.15, 0.2) is 5.78 Å². The number of carbonyl (C=O) groups excluding carboxylic acids is 1. The van der Waals surface area contributed by atoms with E-state index in [1.807, 2.05) is 24.3 Å². The normalized spacial score (nSPS) is 14.3. The highest BCUT2D eigenvalue weighted by molar-refractivity contribution is 9.11. The highest BCUT2D eigenvalue weighted by Crippen LogP contribution is 2.27. The number of benzene rings is 1. The Hall–Kier alpha value is -1.13. The van der Waals surface area contributed by atoms with Gasteiger partial charge in [0, 0.05) is 16.9 Å². The van der Waals surface area contributed by atoms with Crippen LogP contribution in [0.15, 0.2) is 34.1 Å². The Bertz CT molecular complexity index is 618. The first-order chi connectivity index (χ1) is 9.22. The van der Waals surface area contributed by atoms with Gasteiger partial charge >= 0.3 is 0 Å². The number of rotatable bonds is 3. The van der Waals surface area contributed by atoms with Gasteiger partial charge in [0.2, 0.25) is 0 Å². The molecule has 0 N–H and O–H groups in total. The Morgan fingerprint density at radius 1 is 1.21 bits per heavy atom. The molecule has 19 heavy (non-hydrogen) atoms. The van der Waals surface area contributed by atoms with Crippen LogP contribution in [0.1, 0.15) is 33.6 Å². The molecule has 0 bridgehead atoms. The summed E-state index contributed by atoms with van der Waals surface area (Å²) in [6, 6.07) is 9.88. The molecule has 98 valence electrons. The molecule has 2 nitrogen and oxygen atoms in total. The molecular weight excluding hydrogens is 324 g/mol. The van der Waals surface area contributed by atoms with Crippen molar-refractivity contribution in [1.82, 2.24) is 0 Å². The maximum absolute atomic E-state index is 11.7. The van der Waals surface area contributed by atoms with Gasteiger partial charge < -0.3 is 4.74 Å². The van der Waals surface area contributed by atoms with Gasteiger partial charge in [0.05, 0.1) is 3.79 Å². The Morgan fingerprint density at radius 3 is 2.89 bits per heavy atom. The standard InChI is InChI=1S/C15H13BrO2S/c16-15-7-5-12(19-15)9-18-11-4-6-13-10(8-11)2-1-3-14(13)17/h4-8H,1-3,9H2. The zero-order valence-electron chi connectivity index (χ0n) is 10.3. The van der Waals surface area contributed by atoms with Crippen LogP contribution in [0, 0.1) is 0 Å². The van der Waals surface area contributed by atoms with Crippen molar-refractivity contribution in [2.45, 2.75) is 25.9 Å². The van der Waals surface area contributed by atoms with Gasteiger partial charge in [-0.15, -0.1) is 11.3 Å². The lowest BCUT2D eigenvalue weighted by molar-refractivity contribution is 0.0972. The van der Waals surface area contributed by atoms with E-state index in [0.29, 0.717) is 13.0 Å². The predicted octanol–water partition coefficient (Wildman–Crippen LogP) is 4.61. The zero-order chi connectivity index (χ0) is 13.2. The van der Waals surface area contributed by atoms with E-state index in [4.69, 9.17) is 4.74 Å². The van der Waals surface area contributed by atoms with Crippen molar-refractivity contribution < 1.29 is 9.53 Å². The van der Waals surface area contributed by atoms with E-state index >= 15 is 0 Å². The van der Waals surface area contributed by atoms with Crippen LogP contribution >= 0.6 is 27.3 Å². The van der Waals surface area contributed by atoms with Gasteiger partial charge in [-0.1, -0.05) is 0 Å². The van der Waals surface area contributed by atoms with Gasteiger partial charge in [-0.05, 0) is 64.7 Å². The predicted molar refractivity (Wildman–Crippen MR) is 80.1 cm³/mol. The first kappa shape index (κ1) is 12.9. The van der Waals surface area contributed by atoms with Crippen molar-refractivity contribution in [2.24, 2.45) is 0 Å². The summed E-state index contributed by atoms with van der Waals surface area (Å²) in [6.07, 6.45) is 2.60. The number of Topliss-reactive ketones (excluding diaryl/α,β-unsaturated/α-hetero) is 1. The van der Waals surface area contributed by atoms with Gasteiger partial charge in [-0.3, -0.25) is 4.79 Å². The van der Waals surface area contributed by atoms with Crippen LogP contribution in [-0.4, -0.2) is 5.78 Å². The first-order valence-corrected chi connectivity index (χ1v) is 7.86. The monoisotopic (exact) mass is 336 g/mol. The summed E-state index contributed by atoms with van der Waals surface area (Å²) in [4.78, 5) is 12.9. The van der Waals surface area contributed by atoms with Crippen LogP contribution < -0.4 is 4.74 Å². The molecule has 0 atom stereocenters. The van der Waals surface area contributed by atoms with Gasteiger partial charge in [-0.25, -0.2) is 0 Å². The van der Waals surface area contributed by atoms with Crippen LogP contribution in [-0.2, 0) is 13.0 Å². The van der Waals surface area contributed by atoms with Gasteiger partial charge in [-0.2, -0.15) is 0 Å². The third kappa shape index (κ3) is 2.90. The molecule has 4 heteroatoms. The maximum atomic E-state index is 11.7. The summed E-state index contributed by atoms with van der Waals surface area (Å²) in [5.74, 6) is 1.10. The van der Waals surface area contributed by atoms with Crippen molar-refractivity contribution in [3.05, 3.63) is 50.1 Å². The van der Waals surface area contributed by atoms with Crippen LogP contribution in [0.2, 0.25) is 0 Å². The van der Waals surface area contributed by atoms with Crippen molar-refractivity contribution in [3.63, 3.8) is 0 Å². The summed E-state index contributed by atoms with van der Waals surface area (Å²) in [6.45, 7) is 0.572. The lowest BCUT2D eigenvalue weighted by atomic mass is 9.91. The molecule has 0 fully saturated rings. The molecule has 0 radical (unpaired) electrons. The van der Waals surface area contributed by atoms with E-state index in [0.717, 1.165) is 33.5 Å². The van der Waals surface area contributed by atoms with Crippen molar-refractivity contribution >= 4 is 33.0 Å². The first-order valence-electron chi connectivity index (χ1n) is 6.25. The molecule has 0 spiro atoms. The molecular formula is C15H13BrO2S. The summed E-state index contributed by atoms with van der Waals surface area (Å²) >= 11 is 5.11. The second kappa shape index (κ2) is 5.47. The third-order valence-corrected chi connectivity index (χ3v) is 4.83. The lowest BCUT2D eigenvalue weighted by Gasteiger charge is -2.15. The second-order valence-electron chi connectivity index (χ2n) is 4.59. The lowest BCUT2D eigenvalue weighted by Crippen LogP contribution is -2.10. The quantitative estimate of drug-likeness (QED) is 0.818. The Balaban J connectivity index is 1.73. The molecule has 3 rings (SSSR count). The third-order valence-electron chi connectivity index (χ3n) is 3.24. The number of hydrogen-bond donors (Lipinski definition) is 0. The van der Waals surface area contributed by atoms with E-state index in [2.05, 4.69) is 22.0 Å². The fraction of sp³-hybridized carbons (Fsp3) is 0.267. The van der Waals surface area contributed by atoms with Crippen LogP contribution in [0.25, 0.3) is 0 Å². The molecule has 1 aliphatic carbocycles. The number of halogens is 1. The fourth-order valence-corrected chi connectivity index (χ4v) is 3.69. The van der Waals surface area contributed by atoms with Crippen LogP contribution in [0.3, 0.4) is 0 Å². The number of thiophene rings is 1. The van der Waals surface area contributed by atoms with E-state index in [9.17, 15) is 4.79 Å². The molecule has 0 saturated heterocycles. The van der Waals surface area contributed by atoms with Crippen LogP contribution in [0.5, 0.6) is 5.75 Å². The van der Waals surface area contributed by atoms with Gasteiger partial charge in [0.1, 0.15) is 12.4 Å². The Morgan fingerprint density at radius 2 is 2.11 bits per heavy atom. The topological polar surface area (TPSA) is 26.3 Å². The summed E-state index contributed by atoms with van der Waals surface area (Å²) in [7, 11) is 0. The zero-order valence-corrected chi connectivity index (χ0v) is 12.7. The number of ketones is 1. The molecule has 1 heterocycles. The number of aryl methyl sites for hydroxylation is 1. The van der Waals surface area contributed by atoms with E-state index in [-0.39, 0.29) is 5.78 Å². The van der Waals surface area contributed by atoms with Gasteiger partial charge in [0.25, 0.3) is 0 Å². The minimum Gasteiger partial charge on any atom is -0.488 e. The average Bonchev–Trinajstić information content (AvgIpc) is 2.82. The fourth-order valence-electron chi connectivity index (χ4n) is 2.30. The molecule has 2 aromatic rings. The minimum atomic E-state index is 0.259. The second-order valence-corrected chi connectivity index (χ2v) is 7.14. The van der Waals surface area contributed by atoms with Crippen LogP contribution in [0.4, 0.5) is 0 Å². The molecule has 0 saturated carbocycles. The van der Waals surface area contributed by atoms with Crippen molar-refractivity contribution in [3.8, 4) is 5.75 Å². The number of ether oxygens (including phenoxy) is 1. The average molecular weight is 337 g/mol. The largest absolute Gasteiger partial charge is 0.488 e. The summed E-state index contributed by atoms with van der Waals surface area (Å²) in [5, 5.41) is 0.